The third-order valence-electron chi connectivity index (χ3n) is 3.48. The van der Waals surface area contributed by atoms with Crippen molar-refractivity contribution in [2.75, 3.05) is 25.0 Å². The number of benzene rings is 1. The van der Waals surface area contributed by atoms with E-state index in [1.807, 2.05) is 4.90 Å². The lowest BCUT2D eigenvalue weighted by Gasteiger charge is -2.30. The molecule has 1 saturated heterocycles. The summed E-state index contributed by atoms with van der Waals surface area (Å²) in [4.78, 5) is 25.2. The van der Waals surface area contributed by atoms with Gasteiger partial charge in [0.05, 0.1) is 23.2 Å². The predicted molar refractivity (Wildman–Crippen MR) is 83.5 cm³/mol. The lowest BCUT2D eigenvalue weighted by molar-refractivity contribution is -0.125. The van der Waals surface area contributed by atoms with Gasteiger partial charge < -0.3 is 11.1 Å². The highest BCUT2D eigenvalue weighted by Crippen LogP contribution is 2.25. The maximum atomic E-state index is 12.1. The topological polar surface area (TPSA) is 75.4 Å². The van der Waals surface area contributed by atoms with Crippen LogP contribution in [0.4, 0.5) is 5.69 Å². The first-order valence-corrected chi connectivity index (χ1v) is 7.48. The highest BCUT2D eigenvalue weighted by molar-refractivity contribution is 6.35. The Hall–Kier alpha value is -1.30. The van der Waals surface area contributed by atoms with E-state index in [4.69, 9.17) is 28.9 Å². The van der Waals surface area contributed by atoms with Gasteiger partial charge in [-0.1, -0.05) is 23.2 Å². The number of hydrogen-bond acceptors (Lipinski definition) is 3. The number of amides is 2. The van der Waals surface area contributed by atoms with Crippen molar-refractivity contribution in [3.63, 3.8) is 0 Å². The number of anilines is 1. The normalized spacial score (nSPS) is 19.2. The minimum atomic E-state index is -0.307. The molecular weight excluding hydrogens is 313 g/mol. The van der Waals surface area contributed by atoms with Gasteiger partial charge in [-0.25, -0.2) is 0 Å². The number of likely N-dealkylation sites (tertiary alicyclic amines) is 1. The van der Waals surface area contributed by atoms with E-state index in [1.165, 1.54) is 0 Å². The van der Waals surface area contributed by atoms with Crippen LogP contribution in [0.5, 0.6) is 0 Å². The first-order valence-electron chi connectivity index (χ1n) is 6.72. The first kappa shape index (κ1) is 16.1. The minimum absolute atomic E-state index is 0.179. The summed E-state index contributed by atoms with van der Waals surface area (Å²) in [6.07, 6.45) is 1.65. The molecule has 0 spiro atoms. The zero-order chi connectivity index (χ0) is 15.4. The van der Waals surface area contributed by atoms with Gasteiger partial charge in [-0.05, 0) is 37.6 Å². The lowest BCUT2D eigenvalue weighted by Crippen LogP contribution is -2.44. The van der Waals surface area contributed by atoms with E-state index in [1.54, 1.807) is 18.2 Å². The Kier molecular flexibility index (Phi) is 5.45. The zero-order valence-corrected chi connectivity index (χ0v) is 13.0. The molecule has 7 heteroatoms. The third kappa shape index (κ3) is 4.59. The molecule has 1 aromatic carbocycles. The quantitative estimate of drug-likeness (QED) is 0.888. The second kappa shape index (κ2) is 7.11. The van der Waals surface area contributed by atoms with Crippen molar-refractivity contribution < 1.29 is 9.59 Å². The average molecular weight is 330 g/mol. The second-order valence-corrected chi connectivity index (χ2v) is 5.99. The Morgan fingerprint density at radius 1 is 1.38 bits per heavy atom. The van der Waals surface area contributed by atoms with E-state index >= 15 is 0 Å². The number of hydrogen-bond donors (Lipinski definition) is 2. The monoisotopic (exact) mass is 329 g/mol. The Morgan fingerprint density at radius 3 is 2.86 bits per heavy atom. The fourth-order valence-corrected chi connectivity index (χ4v) is 2.75. The molecular formula is C14H17Cl2N3O2. The van der Waals surface area contributed by atoms with Crippen molar-refractivity contribution in [1.82, 2.24) is 4.90 Å². The summed E-state index contributed by atoms with van der Waals surface area (Å²) in [5.41, 5.74) is 5.81. The van der Waals surface area contributed by atoms with Gasteiger partial charge in [-0.2, -0.15) is 0 Å². The summed E-state index contributed by atoms with van der Waals surface area (Å²) in [5.74, 6) is -0.677. The molecule has 0 saturated carbocycles. The summed E-state index contributed by atoms with van der Waals surface area (Å²) >= 11 is 11.9. The predicted octanol–water partition coefficient (Wildman–Crippen LogP) is 2.13. The van der Waals surface area contributed by atoms with Gasteiger partial charge in [0.1, 0.15) is 0 Å². The Balaban J connectivity index is 1.92. The van der Waals surface area contributed by atoms with Crippen molar-refractivity contribution in [3.05, 3.63) is 28.2 Å². The van der Waals surface area contributed by atoms with Gasteiger partial charge in [0.2, 0.25) is 11.8 Å². The summed E-state index contributed by atoms with van der Waals surface area (Å²) < 4.78 is 0. The molecule has 1 aliphatic rings. The molecule has 114 valence electrons. The van der Waals surface area contributed by atoms with Crippen LogP contribution in [0.1, 0.15) is 12.8 Å². The third-order valence-corrected chi connectivity index (χ3v) is 4.04. The molecule has 0 radical (unpaired) electrons. The van der Waals surface area contributed by atoms with E-state index in [0.29, 0.717) is 22.3 Å². The molecule has 2 amide bonds. The van der Waals surface area contributed by atoms with Crippen LogP contribution < -0.4 is 11.1 Å². The molecule has 0 aliphatic carbocycles. The number of carbonyl (C=O) groups is 2. The molecule has 21 heavy (non-hydrogen) atoms. The van der Waals surface area contributed by atoms with Crippen LogP contribution in [0.25, 0.3) is 0 Å². The molecule has 0 aromatic heterocycles. The summed E-state index contributed by atoms with van der Waals surface area (Å²) in [7, 11) is 0. The average Bonchev–Trinajstić information content (AvgIpc) is 2.43. The molecule has 1 heterocycles. The first-order chi connectivity index (χ1) is 9.95. The van der Waals surface area contributed by atoms with Crippen LogP contribution in [0.15, 0.2) is 18.2 Å². The molecule has 3 N–H and O–H groups in total. The van der Waals surface area contributed by atoms with Crippen LogP contribution in [-0.2, 0) is 9.59 Å². The largest absolute Gasteiger partial charge is 0.369 e. The van der Waals surface area contributed by atoms with E-state index in [9.17, 15) is 9.59 Å². The number of nitrogens with zero attached hydrogens (tertiary/aromatic N) is 1. The second-order valence-electron chi connectivity index (χ2n) is 5.15. The molecule has 0 bridgehead atoms. The van der Waals surface area contributed by atoms with Crippen molar-refractivity contribution in [2.45, 2.75) is 12.8 Å². The molecule has 1 aromatic rings. The van der Waals surface area contributed by atoms with Crippen molar-refractivity contribution >= 4 is 40.7 Å². The van der Waals surface area contributed by atoms with E-state index in [2.05, 4.69) is 5.32 Å². The number of nitrogens with one attached hydrogen (secondary N) is 1. The molecule has 2 rings (SSSR count). The number of halogens is 2. The maximum absolute atomic E-state index is 12.1. The zero-order valence-electron chi connectivity index (χ0n) is 11.4. The van der Waals surface area contributed by atoms with Gasteiger partial charge in [-0.15, -0.1) is 0 Å². The number of primary amides is 1. The summed E-state index contributed by atoms with van der Waals surface area (Å²) in [6, 6.07) is 4.88. The highest BCUT2D eigenvalue weighted by Gasteiger charge is 2.25. The fourth-order valence-electron chi connectivity index (χ4n) is 2.42. The van der Waals surface area contributed by atoms with Gasteiger partial charge in [-0.3, -0.25) is 14.5 Å². The Bertz CT molecular complexity index is 551. The number of rotatable bonds is 4. The van der Waals surface area contributed by atoms with Crippen LogP contribution in [0, 0.1) is 5.92 Å². The molecule has 1 atom stereocenters. The van der Waals surface area contributed by atoms with Crippen molar-refractivity contribution in [1.29, 1.82) is 0 Å². The van der Waals surface area contributed by atoms with Crippen molar-refractivity contribution in [2.24, 2.45) is 11.7 Å². The minimum Gasteiger partial charge on any atom is -0.369 e. The van der Waals surface area contributed by atoms with Crippen molar-refractivity contribution in [3.8, 4) is 0 Å². The number of piperidine rings is 1. The van der Waals surface area contributed by atoms with E-state index in [-0.39, 0.29) is 24.3 Å². The van der Waals surface area contributed by atoms with Crippen LogP contribution in [-0.4, -0.2) is 36.3 Å². The van der Waals surface area contributed by atoms with E-state index < -0.39 is 0 Å². The standard InChI is InChI=1S/C14H17Cl2N3O2/c15-10-3-4-11(16)12(6-10)18-13(20)8-19-5-1-2-9(7-19)14(17)21/h3-4,6,9H,1-2,5,7-8H2,(H2,17,21)(H,18,20)/t9-/m1/s1. The van der Waals surface area contributed by atoms with Crippen LogP contribution in [0.3, 0.4) is 0 Å². The lowest BCUT2D eigenvalue weighted by atomic mass is 9.97. The fraction of sp³-hybridized carbons (Fsp3) is 0.429. The highest BCUT2D eigenvalue weighted by atomic mass is 35.5. The molecule has 1 fully saturated rings. The van der Waals surface area contributed by atoms with Gasteiger partial charge >= 0.3 is 0 Å². The van der Waals surface area contributed by atoms with Crippen LogP contribution >= 0.6 is 23.2 Å². The Labute approximate surface area is 133 Å². The van der Waals surface area contributed by atoms with Gasteiger partial charge in [0, 0.05) is 11.6 Å². The smallest absolute Gasteiger partial charge is 0.238 e. The number of nitrogens with two attached hydrogens (primary N) is 1. The van der Waals surface area contributed by atoms with Gasteiger partial charge in [0.25, 0.3) is 0 Å². The molecule has 0 unspecified atom stereocenters. The molecule has 5 nitrogen and oxygen atoms in total. The maximum Gasteiger partial charge on any atom is 0.238 e. The number of carbonyl (C=O) groups excluding carboxylic acids is 2. The van der Waals surface area contributed by atoms with E-state index in [0.717, 1.165) is 19.4 Å². The molecule has 1 aliphatic heterocycles. The SMILES string of the molecule is NC(=O)[C@@H]1CCCN(CC(=O)Nc2cc(Cl)ccc2Cl)C1. The summed E-state index contributed by atoms with van der Waals surface area (Å²) in [6.45, 7) is 1.50. The summed E-state index contributed by atoms with van der Waals surface area (Å²) in [5, 5.41) is 3.66. The van der Waals surface area contributed by atoms with Gasteiger partial charge in [0.15, 0.2) is 0 Å². The Morgan fingerprint density at radius 2 is 2.14 bits per heavy atom. The van der Waals surface area contributed by atoms with Crippen LogP contribution in [0.2, 0.25) is 10.0 Å².